The van der Waals surface area contributed by atoms with Crippen molar-refractivity contribution in [2.24, 2.45) is 17.3 Å². The third-order valence-corrected chi connectivity index (χ3v) is 14.9. The van der Waals surface area contributed by atoms with Crippen molar-refractivity contribution < 1.29 is 45.6 Å². The third-order valence-electron chi connectivity index (χ3n) is 12.1. The first-order valence-electron chi connectivity index (χ1n) is 19.8. The number of carbonyl (C=O) groups is 5. The molecule has 2 unspecified atom stereocenters. The summed E-state index contributed by atoms with van der Waals surface area (Å²) in [4.78, 5) is 70.2. The topological polar surface area (TPSA) is 171 Å². The summed E-state index contributed by atoms with van der Waals surface area (Å²) in [6.07, 6.45) is 1.88. The minimum Gasteiger partial charge on any atom is -0.347 e. The minimum absolute atomic E-state index is 0.132. The van der Waals surface area contributed by atoms with Gasteiger partial charge in [0.25, 0.3) is 5.91 Å². The van der Waals surface area contributed by atoms with Crippen LogP contribution in [0.2, 0.25) is 0 Å². The van der Waals surface area contributed by atoms with Gasteiger partial charge >= 0.3 is 12.2 Å². The fourth-order valence-corrected chi connectivity index (χ4v) is 9.97. The molecule has 1 saturated heterocycles. The zero-order chi connectivity index (χ0) is 40.3. The quantitative estimate of drug-likeness (QED) is 0.178. The zero-order valence-electron chi connectivity index (χ0n) is 32.8. The molecule has 308 valence electrons. The van der Waals surface area contributed by atoms with E-state index in [1.54, 1.807) is 20.8 Å². The van der Waals surface area contributed by atoms with Gasteiger partial charge in [0.05, 0.1) is 22.1 Å². The molecule has 4 aliphatic rings. The van der Waals surface area contributed by atoms with Crippen LogP contribution in [0, 0.1) is 17.3 Å². The van der Waals surface area contributed by atoms with Crippen molar-refractivity contribution in [3.05, 3.63) is 0 Å². The van der Waals surface area contributed by atoms with Crippen LogP contribution >= 0.6 is 0 Å². The molecule has 12 nitrogen and oxygen atoms in total. The van der Waals surface area contributed by atoms with Crippen molar-refractivity contribution in [1.82, 2.24) is 26.2 Å². The van der Waals surface area contributed by atoms with E-state index in [2.05, 4.69) is 21.3 Å². The number of hydrogen-bond donors (Lipinski definition) is 4. The number of rotatable bonds is 14. The lowest BCUT2D eigenvalue weighted by Crippen LogP contribution is -2.64. The summed E-state index contributed by atoms with van der Waals surface area (Å²) in [5, 5.41) is 10.9. The van der Waals surface area contributed by atoms with Crippen LogP contribution in [0.25, 0.3) is 0 Å². The van der Waals surface area contributed by atoms with Gasteiger partial charge in [0, 0.05) is 19.0 Å². The van der Waals surface area contributed by atoms with Crippen molar-refractivity contribution in [1.29, 1.82) is 0 Å². The van der Waals surface area contributed by atoms with Gasteiger partial charge in [-0.3, -0.25) is 19.2 Å². The SMILES string of the molecule is CC(C)C1CCN(C(=O)[C@@H](NC(=O)NC2(CS(=O)(=O)C(C)(C)C)CCCCC2)C2(C)CCCCC2)[C@@H]1C(=O)NC(CCC(F)(F)F)C(=O)C(=O)NC1CC1. The van der Waals surface area contributed by atoms with E-state index in [1.165, 1.54) is 4.90 Å². The Morgan fingerprint density at radius 1 is 0.852 bits per heavy atom. The lowest BCUT2D eigenvalue weighted by molar-refractivity contribution is -0.148. The van der Waals surface area contributed by atoms with Crippen molar-refractivity contribution >= 4 is 39.4 Å². The van der Waals surface area contributed by atoms with Crippen LogP contribution in [-0.4, -0.2) is 95.8 Å². The molecule has 4 atom stereocenters. The lowest BCUT2D eigenvalue weighted by Gasteiger charge is -2.44. The number of alkyl halides is 3. The average molecular weight is 790 g/mol. The summed E-state index contributed by atoms with van der Waals surface area (Å²) >= 11 is 0. The molecule has 0 aromatic rings. The molecule has 3 aliphatic carbocycles. The van der Waals surface area contributed by atoms with Crippen LogP contribution in [-0.2, 0) is 29.0 Å². The summed E-state index contributed by atoms with van der Waals surface area (Å²) in [5.74, 6) is -4.40. The highest BCUT2D eigenvalue weighted by Gasteiger charge is 2.51. The monoisotopic (exact) mass is 789 g/mol. The number of likely N-dealkylation sites (tertiary alicyclic amines) is 1. The first-order chi connectivity index (χ1) is 25.0. The van der Waals surface area contributed by atoms with Crippen LogP contribution in [0.15, 0.2) is 0 Å². The fraction of sp³-hybridized carbons (Fsp3) is 0.868. The standard InChI is InChI=1S/C38H62F3N5O7S/c1-24(2)26-16-22-46(28(26)31(48)43-27(15-21-38(39,40)41)29(47)32(49)42-25-13-14-25)33(50)30(36(6)17-9-7-10-18-36)44-34(51)45-37(19-11-8-12-20-37)23-54(52,53)35(3,4)5/h24-28,30H,7-23H2,1-6H3,(H,42,49)(H,43,48)(H2,44,45,51)/t26?,27?,28-,30+/m0/s1. The summed E-state index contributed by atoms with van der Waals surface area (Å²) in [6.45, 7) is 10.7. The Labute approximate surface area is 318 Å². The number of urea groups is 1. The summed E-state index contributed by atoms with van der Waals surface area (Å²) in [7, 11) is -3.63. The molecular formula is C38H62F3N5O7S. The molecule has 0 radical (unpaired) electrons. The minimum atomic E-state index is -4.64. The maximum Gasteiger partial charge on any atom is 0.389 e. The molecule has 0 bridgehead atoms. The molecule has 1 heterocycles. The second kappa shape index (κ2) is 17.1. The smallest absolute Gasteiger partial charge is 0.347 e. The van der Waals surface area contributed by atoms with Crippen LogP contribution in [0.3, 0.4) is 0 Å². The number of amides is 5. The Bertz CT molecular complexity index is 1500. The molecule has 4 N–H and O–H groups in total. The van der Waals surface area contributed by atoms with Crippen molar-refractivity contribution in [3.63, 3.8) is 0 Å². The van der Waals surface area contributed by atoms with Gasteiger partial charge in [-0.25, -0.2) is 13.2 Å². The van der Waals surface area contributed by atoms with Crippen molar-refractivity contribution in [2.75, 3.05) is 12.3 Å². The number of halogens is 3. The molecule has 0 aromatic carbocycles. The van der Waals surface area contributed by atoms with E-state index in [1.807, 2.05) is 20.8 Å². The van der Waals surface area contributed by atoms with E-state index in [9.17, 15) is 45.6 Å². The van der Waals surface area contributed by atoms with Crippen molar-refractivity contribution in [3.8, 4) is 0 Å². The van der Waals surface area contributed by atoms with Gasteiger partial charge in [-0.05, 0) is 89.4 Å². The zero-order valence-corrected chi connectivity index (χ0v) is 33.6. The molecule has 3 saturated carbocycles. The molecule has 1 aliphatic heterocycles. The number of nitrogens with one attached hydrogen (secondary N) is 4. The highest BCUT2D eigenvalue weighted by Crippen LogP contribution is 2.42. The largest absolute Gasteiger partial charge is 0.389 e. The number of nitrogens with zero attached hydrogens (tertiary/aromatic N) is 1. The number of carbonyl (C=O) groups excluding carboxylic acids is 5. The summed E-state index contributed by atoms with van der Waals surface area (Å²) in [5.41, 5.74) is -1.75. The average Bonchev–Trinajstić information content (AvgIpc) is 3.76. The van der Waals surface area contributed by atoms with Gasteiger partial charge in [-0.2, -0.15) is 13.2 Å². The Morgan fingerprint density at radius 2 is 1.43 bits per heavy atom. The van der Waals surface area contributed by atoms with Gasteiger partial charge in [-0.15, -0.1) is 0 Å². The van der Waals surface area contributed by atoms with Crippen molar-refractivity contribution in [2.45, 2.75) is 178 Å². The van der Waals surface area contributed by atoms with Crippen LogP contribution in [0.1, 0.15) is 138 Å². The molecule has 54 heavy (non-hydrogen) atoms. The van der Waals surface area contributed by atoms with Gasteiger partial charge < -0.3 is 26.2 Å². The maximum absolute atomic E-state index is 14.8. The second-order valence-electron chi connectivity index (χ2n) is 18.0. The Balaban J connectivity index is 1.62. The van der Waals surface area contributed by atoms with E-state index < -0.39 is 98.1 Å². The van der Waals surface area contributed by atoms with Gasteiger partial charge in [0.15, 0.2) is 9.84 Å². The normalized spacial score (nSPS) is 24.3. The van der Waals surface area contributed by atoms with E-state index in [-0.39, 0.29) is 24.3 Å². The fourth-order valence-electron chi connectivity index (χ4n) is 8.44. The molecule has 0 aromatic heterocycles. The summed E-state index contributed by atoms with van der Waals surface area (Å²) in [6, 6.07) is -4.94. The molecular weight excluding hydrogens is 728 g/mol. The first kappa shape index (κ1) is 43.8. The predicted octanol–water partition coefficient (Wildman–Crippen LogP) is 5.09. The van der Waals surface area contributed by atoms with Gasteiger partial charge in [0.1, 0.15) is 12.1 Å². The Hall–Kier alpha value is -2.91. The van der Waals surface area contributed by atoms with E-state index in [0.717, 1.165) is 38.5 Å². The van der Waals surface area contributed by atoms with E-state index in [0.29, 0.717) is 44.9 Å². The molecule has 0 spiro atoms. The van der Waals surface area contributed by atoms with Gasteiger partial charge in [0.2, 0.25) is 17.6 Å². The van der Waals surface area contributed by atoms with Gasteiger partial charge in [-0.1, -0.05) is 59.3 Å². The molecule has 5 amide bonds. The van der Waals surface area contributed by atoms with Crippen LogP contribution in [0.4, 0.5) is 18.0 Å². The Morgan fingerprint density at radius 3 is 1.94 bits per heavy atom. The molecule has 16 heteroatoms. The number of Topliss-reactive ketones (excluding diaryl/α,β-unsaturated/α-hetero) is 1. The first-order valence-corrected chi connectivity index (χ1v) is 21.5. The Kier molecular flexibility index (Phi) is 13.9. The number of sulfone groups is 1. The number of ketones is 1. The van der Waals surface area contributed by atoms with Crippen LogP contribution in [0.5, 0.6) is 0 Å². The van der Waals surface area contributed by atoms with Crippen LogP contribution < -0.4 is 21.3 Å². The van der Waals surface area contributed by atoms with E-state index in [4.69, 9.17) is 0 Å². The predicted molar refractivity (Wildman–Crippen MR) is 198 cm³/mol. The number of hydrogen-bond acceptors (Lipinski definition) is 7. The van der Waals surface area contributed by atoms with E-state index >= 15 is 0 Å². The highest BCUT2D eigenvalue weighted by molar-refractivity contribution is 7.92. The summed E-state index contributed by atoms with van der Waals surface area (Å²) < 4.78 is 65.8. The third kappa shape index (κ3) is 11.1. The lowest BCUT2D eigenvalue weighted by atomic mass is 9.70. The molecule has 4 fully saturated rings. The maximum atomic E-state index is 14.8. The highest BCUT2D eigenvalue weighted by atomic mass is 32.2. The second-order valence-corrected chi connectivity index (χ2v) is 20.7. The molecule has 4 rings (SSSR count).